The maximum Gasteiger partial charge on any atom is 0.237 e. The van der Waals surface area contributed by atoms with E-state index >= 15 is 0 Å². The first-order chi connectivity index (χ1) is 12.1. The summed E-state index contributed by atoms with van der Waals surface area (Å²) in [5, 5.41) is 11.5. The normalized spacial score (nSPS) is 14.8. The average Bonchev–Trinajstić information content (AvgIpc) is 3.35. The summed E-state index contributed by atoms with van der Waals surface area (Å²) < 4.78 is 0.695. The zero-order valence-electron chi connectivity index (χ0n) is 14.1. The number of hydrogen-bond acceptors (Lipinski definition) is 6. The van der Waals surface area contributed by atoms with Gasteiger partial charge in [0.15, 0.2) is 4.34 Å². The van der Waals surface area contributed by atoms with Crippen molar-refractivity contribution in [3.63, 3.8) is 0 Å². The molecule has 1 aromatic heterocycles. The monoisotopic (exact) mass is 376 g/mol. The maximum absolute atomic E-state index is 12.3. The molecule has 0 radical (unpaired) electrons. The second kappa shape index (κ2) is 7.97. The highest BCUT2D eigenvalue weighted by Gasteiger charge is 2.35. The lowest BCUT2D eigenvalue weighted by molar-refractivity contribution is -0.118. The van der Waals surface area contributed by atoms with E-state index in [0.717, 1.165) is 18.5 Å². The zero-order valence-corrected chi connectivity index (χ0v) is 15.8. The molecule has 6 nitrogen and oxygen atoms in total. The van der Waals surface area contributed by atoms with Crippen molar-refractivity contribution in [1.29, 1.82) is 0 Å². The smallest absolute Gasteiger partial charge is 0.237 e. The molecule has 3 rings (SSSR count). The highest BCUT2D eigenvalue weighted by Crippen LogP contribution is 2.37. The molecule has 0 aliphatic heterocycles. The third-order valence-corrected chi connectivity index (χ3v) is 5.88. The SMILES string of the molecule is CCC(=O)N(c1nnc(S[C@H](C)C(=O)Nc2ccccc2)s1)C1CC1. The van der Waals surface area contributed by atoms with Gasteiger partial charge in [0.1, 0.15) is 0 Å². The first kappa shape index (κ1) is 17.9. The van der Waals surface area contributed by atoms with Gasteiger partial charge in [-0.25, -0.2) is 0 Å². The topological polar surface area (TPSA) is 75.2 Å². The molecule has 8 heteroatoms. The van der Waals surface area contributed by atoms with Gasteiger partial charge in [-0.15, -0.1) is 10.2 Å². The van der Waals surface area contributed by atoms with Crippen molar-refractivity contribution in [2.24, 2.45) is 0 Å². The van der Waals surface area contributed by atoms with Gasteiger partial charge in [-0.2, -0.15) is 0 Å². The number of rotatable bonds is 7. The Labute approximate surface area is 155 Å². The third kappa shape index (κ3) is 4.58. The van der Waals surface area contributed by atoms with E-state index in [0.29, 0.717) is 15.9 Å². The van der Waals surface area contributed by atoms with E-state index in [1.54, 1.807) is 4.90 Å². The van der Waals surface area contributed by atoms with Crippen LogP contribution in [0.2, 0.25) is 0 Å². The van der Waals surface area contributed by atoms with Crippen molar-refractivity contribution in [3.05, 3.63) is 30.3 Å². The molecule has 1 aliphatic carbocycles. The molecule has 25 heavy (non-hydrogen) atoms. The maximum atomic E-state index is 12.3. The number of aromatic nitrogens is 2. The Hall–Kier alpha value is -1.93. The first-order valence-electron chi connectivity index (χ1n) is 8.26. The van der Waals surface area contributed by atoms with Gasteiger partial charge in [-0.05, 0) is 31.9 Å². The largest absolute Gasteiger partial charge is 0.325 e. The number of hydrogen-bond donors (Lipinski definition) is 1. The highest BCUT2D eigenvalue weighted by molar-refractivity contribution is 8.02. The van der Waals surface area contributed by atoms with Crippen LogP contribution in [0.3, 0.4) is 0 Å². The Balaban J connectivity index is 1.62. The van der Waals surface area contributed by atoms with Crippen LogP contribution < -0.4 is 10.2 Å². The van der Waals surface area contributed by atoms with Crippen molar-refractivity contribution >= 4 is 45.7 Å². The summed E-state index contributed by atoms with van der Waals surface area (Å²) in [5.41, 5.74) is 0.770. The van der Waals surface area contributed by atoms with E-state index in [2.05, 4.69) is 15.5 Å². The Morgan fingerprint density at radius 1 is 1.32 bits per heavy atom. The molecule has 132 valence electrons. The first-order valence-corrected chi connectivity index (χ1v) is 9.96. The lowest BCUT2D eigenvalue weighted by Gasteiger charge is -2.17. The number of carbonyl (C=O) groups excluding carboxylic acids is 2. The van der Waals surface area contributed by atoms with Crippen molar-refractivity contribution in [2.75, 3.05) is 10.2 Å². The van der Waals surface area contributed by atoms with Crippen molar-refractivity contribution in [1.82, 2.24) is 10.2 Å². The van der Waals surface area contributed by atoms with Crippen LogP contribution in [0, 0.1) is 0 Å². The van der Waals surface area contributed by atoms with Crippen LogP contribution >= 0.6 is 23.1 Å². The Morgan fingerprint density at radius 2 is 2.04 bits per heavy atom. The van der Waals surface area contributed by atoms with Gasteiger partial charge in [-0.3, -0.25) is 14.5 Å². The summed E-state index contributed by atoms with van der Waals surface area (Å²) in [5.74, 6) is -0.0123. The van der Waals surface area contributed by atoms with Gasteiger partial charge in [0.25, 0.3) is 0 Å². The van der Waals surface area contributed by atoms with Crippen molar-refractivity contribution < 1.29 is 9.59 Å². The second-order valence-corrected chi connectivity index (χ2v) is 8.36. The number of benzene rings is 1. The molecule has 2 amide bonds. The van der Waals surface area contributed by atoms with Gasteiger partial charge in [0.2, 0.25) is 16.9 Å². The minimum absolute atomic E-state index is 0.0741. The zero-order chi connectivity index (χ0) is 17.8. The van der Waals surface area contributed by atoms with Crippen LogP contribution in [-0.4, -0.2) is 33.3 Å². The summed E-state index contributed by atoms with van der Waals surface area (Å²) in [7, 11) is 0. The summed E-state index contributed by atoms with van der Waals surface area (Å²) in [6.07, 6.45) is 2.49. The number of anilines is 2. The van der Waals surface area contributed by atoms with Gasteiger partial charge >= 0.3 is 0 Å². The predicted molar refractivity (Wildman–Crippen MR) is 101 cm³/mol. The minimum atomic E-state index is -0.308. The van der Waals surface area contributed by atoms with Crippen molar-refractivity contribution in [2.45, 2.75) is 48.7 Å². The number of carbonyl (C=O) groups is 2. The number of amides is 2. The molecule has 0 unspecified atom stereocenters. The molecule has 2 aromatic rings. The lowest BCUT2D eigenvalue weighted by Crippen LogP contribution is -2.32. The summed E-state index contributed by atoms with van der Waals surface area (Å²) >= 11 is 2.73. The van der Waals surface area contributed by atoms with E-state index in [1.807, 2.05) is 44.2 Å². The molecule has 1 aromatic carbocycles. The Kier molecular flexibility index (Phi) is 5.70. The minimum Gasteiger partial charge on any atom is -0.325 e. The molecule has 1 aliphatic rings. The van der Waals surface area contributed by atoms with Crippen molar-refractivity contribution in [3.8, 4) is 0 Å². The van der Waals surface area contributed by atoms with Crippen LogP contribution in [0.4, 0.5) is 10.8 Å². The van der Waals surface area contributed by atoms with E-state index in [-0.39, 0.29) is 23.1 Å². The number of nitrogens with one attached hydrogen (secondary N) is 1. The number of nitrogens with zero attached hydrogens (tertiary/aromatic N) is 3. The van der Waals surface area contributed by atoms with E-state index in [4.69, 9.17) is 0 Å². The second-order valence-electron chi connectivity index (χ2n) is 5.81. The van der Waals surface area contributed by atoms with E-state index in [1.165, 1.54) is 23.1 Å². The van der Waals surface area contributed by atoms with Gasteiger partial charge in [0, 0.05) is 18.2 Å². The van der Waals surface area contributed by atoms with E-state index in [9.17, 15) is 9.59 Å². The molecule has 1 saturated carbocycles. The third-order valence-electron chi connectivity index (χ3n) is 3.77. The fraction of sp³-hybridized carbons (Fsp3) is 0.412. The fourth-order valence-corrected chi connectivity index (χ4v) is 4.36. The van der Waals surface area contributed by atoms with E-state index < -0.39 is 0 Å². The number of thioether (sulfide) groups is 1. The standard InChI is InChI=1S/C17H20N4O2S2/c1-3-14(22)21(13-9-10-13)16-19-20-17(25-16)24-11(2)15(23)18-12-7-5-4-6-8-12/h4-8,11,13H,3,9-10H2,1-2H3,(H,18,23)/t11-/m1/s1. The van der Waals surface area contributed by atoms with Crippen LogP contribution in [0.1, 0.15) is 33.1 Å². The predicted octanol–water partition coefficient (Wildman–Crippen LogP) is 3.56. The molecule has 1 fully saturated rings. The average molecular weight is 377 g/mol. The van der Waals surface area contributed by atoms with Crippen LogP contribution in [0.15, 0.2) is 34.7 Å². The summed E-state index contributed by atoms with van der Waals surface area (Å²) in [4.78, 5) is 26.2. The molecule has 0 spiro atoms. The van der Waals surface area contributed by atoms with Gasteiger partial charge in [0.05, 0.1) is 5.25 Å². The van der Waals surface area contributed by atoms with Gasteiger partial charge in [-0.1, -0.05) is 48.2 Å². The lowest BCUT2D eigenvalue weighted by atomic mass is 10.3. The molecule has 1 heterocycles. The molecular formula is C17H20N4O2S2. The summed E-state index contributed by atoms with van der Waals surface area (Å²) in [6, 6.07) is 9.62. The molecule has 0 saturated heterocycles. The Bertz CT molecular complexity index is 746. The van der Waals surface area contributed by atoms with Crippen LogP contribution in [-0.2, 0) is 9.59 Å². The van der Waals surface area contributed by atoms with Crippen LogP contribution in [0.25, 0.3) is 0 Å². The van der Waals surface area contributed by atoms with Crippen LogP contribution in [0.5, 0.6) is 0 Å². The molecule has 1 atom stereocenters. The van der Waals surface area contributed by atoms with Gasteiger partial charge < -0.3 is 5.32 Å². The molecular weight excluding hydrogens is 356 g/mol. The quantitative estimate of drug-likeness (QED) is 0.591. The Morgan fingerprint density at radius 3 is 2.68 bits per heavy atom. The molecule has 0 bridgehead atoms. The molecule has 1 N–H and O–H groups in total. The highest BCUT2D eigenvalue weighted by atomic mass is 32.2. The fourth-order valence-electron chi connectivity index (χ4n) is 2.29. The number of para-hydroxylation sites is 1. The summed E-state index contributed by atoms with van der Waals surface area (Å²) in [6.45, 7) is 3.68.